The average Bonchev–Trinajstić information content (AvgIpc) is 3.07. The fourth-order valence-electron chi connectivity index (χ4n) is 3.04. The molecule has 1 N–H and O–H groups in total. The molecule has 3 rings (SSSR count). The van der Waals surface area contributed by atoms with Gasteiger partial charge in [-0.15, -0.1) is 0 Å². The van der Waals surface area contributed by atoms with Crippen molar-refractivity contribution in [2.75, 3.05) is 18.2 Å². The third-order valence-corrected chi connectivity index (χ3v) is 5.91. The molecule has 10 nitrogen and oxygen atoms in total. The molecule has 0 saturated heterocycles. The van der Waals surface area contributed by atoms with Gasteiger partial charge in [0.25, 0.3) is 5.56 Å². The Balaban J connectivity index is 1.73. The van der Waals surface area contributed by atoms with Gasteiger partial charge in [0, 0.05) is 38.3 Å². The standard InChI is InChI=1S/C19H20ClN5O5S/c1-23-15-14(16(27)25(3)19(29)24(15)2)22-18(23)31-8-7-13(26)21-12-6-5-10(20)9-11(12)17(28)30-4/h5-6,9H,7-8H2,1-4H3,(H,21,26). The number of hydrogen-bond donors (Lipinski definition) is 1. The summed E-state index contributed by atoms with van der Waals surface area (Å²) in [5.41, 5.74) is 0.125. The Kier molecular flexibility index (Phi) is 6.56. The van der Waals surface area contributed by atoms with Crippen LogP contribution >= 0.6 is 23.4 Å². The number of carbonyl (C=O) groups is 2. The van der Waals surface area contributed by atoms with E-state index in [1.807, 2.05) is 0 Å². The molecule has 12 heteroatoms. The number of ether oxygens (including phenoxy) is 1. The van der Waals surface area contributed by atoms with E-state index in [1.165, 1.54) is 42.6 Å². The van der Waals surface area contributed by atoms with Crippen molar-refractivity contribution in [2.24, 2.45) is 21.1 Å². The van der Waals surface area contributed by atoms with E-state index in [9.17, 15) is 19.2 Å². The highest BCUT2D eigenvalue weighted by molar-refractivity contribution is 7.99. The molecule has 2 heterocycles. The Bertz CT molecular complexity index is 1310. The number of hydrogen-bond acceptors (Lipinski definition) is 7. The van der Waals surface area contributed by atoms with E-state index in [0.717, 1.165) is 4.57 Å². The lowest BCUT2D eigenvalue weighted by atomic mass is 10.1. The predicted molar refractivity (Wildman–Crippen MR) is 118 cm³/mol. The molecule has 0 bridgehead atoms. The smallest absolute Gasteiger partial charge is 0.340 e. The van der Waals surface area contributed by atoms with E-state index in [1.54, 1.807) is 24.7 Å². The molecule has 0 unspecified atom stereocenters. The first-order chi connectivity index (χ1) is 14.6. The van der Waals surface area contributed by atoms with Crippen LogP contribution in [-0.4, -0.2) is 43.4 Å². The number of anilines is 1. The molecular weight excluding hydrogens is 446 g/mol. The number of rotatable bonds is 6. The van der Waals surface area contributed by atoms with E-state index in [-0.39, 0.29) is 23.4 Å². The number of methoxy groups -OCH3 is 1. The number of amides is 1. The summed E-state index contributed by atoms with van der Waals surface area (Å²) in [6.45, 7) is 0. The monoisotopic (exact) mass is 465 g/mol. The van der Waals surface area contributed by atoms with Crippen molar-refractivity contribution in [1.82, 2.24) is 18.7 Å². The largest absolute Gasteiger partial charge is 0.465 e. The van der Waals surface area contributed by atoms with Crippen LogP contribution in [-0.2, 0) is 30.7 Å². The minimum atomic E-state index is -0.612. The predicted octanol–water partition coefficient (Wildman–Crippen LogP) is 1.53. The Morgan fingerprint density at radius 1 is 1.16 bits per heavy atom. The molecule has 0 atom stereocenters. The summed E-state index contributed by atoms with van der Waals surface area (Å²) in [5.74, 6) is -0.570. The number of imidazole rings is 1. The first kappa shape index (κ1) is 22.6. The van der Waals surface area contributed by atoms with Crippen LogP contribution < -0.4 is 16.6 Å². The lowest BCUT2D eigenvalue weighted by Crippen LogP contribution is -2.37. The second-order valence-electron chi connectivity index (χ2n) is 6.66. The van der Waals surface area contributed by atoms with Gasteiger partial charge in [-0.3, -0.25) is 18.7 Å². The van der Waals surface area contributed by atoms with Crippen LogP contribution in [0.1, 0.15) is 16.8 Å². The fourth-order valence-corrected chi connectivity index (χ4v) is 4.12. The molecule has 0 aliphatic rings. The van der Waals surface area contributed by atoms with Crippen molar-refractivity contribution in [3.05, 3.63) is 49.6 Å². The van der Waals surface area contributed by atoms with Gasteiger partial charge in [0.1, 0.15) is 0 Å². The van der Waals surface area contributed by atoms with Crippen LogP contribution in [0.25, 0.3) is 11.2 Å². The summed E-state index contributed by atoms with van der Waals surface area (Å²) in [5, 5.41) is 3.52. The third-order valence-electron chi connectivity index (χ3n) is 4.64. The SMILES string of the molecule is COC(=O)c1cc(Cl)ccc1NC(=O)CCSc1nc2c(=O)n(C)c(=O)n(C)c2n1C. The summed E-state index contributed by atoms with van der Waals surface area (Å²) in [4.78, 5) is 53.1. The summed E-state index contributed by atoms with van der Waals surface area (Å²) < 4.78 is 8.72. The number of aryl methyl sites for hydroxylation is 2. The molecule has 2 aromatic heterocycles. The van der Waals surface area contributed by atoms with E-state index >= 15 is 0 Å². The molecule has 1 amide bonds. The molecule has 0 fully saturated rings. The number of thioether (sulfide) groups is 1. The highest BCUT2D eigenvalue weighted by Gasteiger charge is 2.18. The van der Waals surface area contributed by atoms with Crippen molar-refractivity contribution in [3.8, 4) is 0 Å². The second-order valence-corrected chi connectivity index (χ2v) is 8.16. The Hall–Kier alpha value is -3.05. The maximum absolute atomic E-state index is 12.4. The Morgan fingerprint density at radius 3 is 2.55 bits per heavy atom. The molecular formula is C19H20ClN5O5S. The van der Waals surface area contributed by atoms with E-state index in [2.05, 4.69) is 10.3 Å². The zero-order valence-electron chi connectivity index (χ0n) is 17.3. The molecule has 0 aliphatic heterocycles. The third kappa shape index (κ3) is 4.37. The van der Waals surface area contributed by atoms with Crippen molar-refractivity contribution in [1.29, 1.82) is 0 Å². The van der Waals surface area contributed by atoms with Gasteiger partial charge in [-0.25, -0.2) is 14.6 Å². The van der Waals surface area contributed by atoms with Gasteiger partial charge in [-0.2, -0.15) is 0 Å². The maximum Gasteiger partial charge on any atom is 0.340 e. The zero-order valence-corrected chi connectivity index (χ0v) is 18.8. The van der Waals surface area contributed by atoms with Gasteiger partial charge < -0.3 is 14.6 Å². The second kappa shape index (κ2) is 8.98. The number of fused-ring (bicyclic) bond motifs is 1. The van der Waals surface area contributed by atoms with Gasteiger partial charge in [0.15, 0.2) is 16.3 Å². The van der Waals surface area contributed by atoms with Crippen LogP contribution in [0.4, 0.5) is 5.69 Å². The van der Waals surface area contributed by atoms with Crippen molar-refractivity contribution in [3.63, 3.8) is 0 Å². The highest BCUT2D eigenvalue weighted by Crippen LogP contribution is 2.23. The summed E-state index contributed by atoms with van der Waals surface area (Å²) in [7, 11) is 5.91. The van der Waals surface area contributed by atoms with Gasteiger partial charge in [-0.1, -0.05) is 23.4 Å². The topological polar surface area (TPSA) is 117 Å². The minimum absolute atomic E-state index is 0.119. The molecule has 0 aliphatic carbocycles. The number of halogens is 1. The van der Waals surface area contributed by atoms with Gasteiger partial charge in [-0.05, 0) is 18.2 Å². The summed E-state index contributed by atoms with van der Waals surface area (Å²) in [6, 6.07) is 4.51. The lowest BCUT2D eigenvalue weighted by molar-refractivity contribution is -0.115. The average molecular weight is 466 g/mol. The molecule has 0 saturated carbocycles. The molecule has 0 spiro atoms. The lowest BCUT2D eigenvalue weighted by Gasteiger charge is -2.10. The number of nitrogens with zero attached hydrogens (tertiary/aromatic N) is 4. The Labute approximate surface area is 185 Å². The summed E-state index contributed by atoms with van der Waals surface area (Å²) >= 11 is 7.19. The van der Waals surface area contributed by atoms with Crippen LogP contribution in [0.5, 0.6) is 0 Å². The van der Waals surface area contributed by atoms with Crippen molar-refractivity contribution >= 4 is 52.1 Å². The fraction of sp³-hybridized carbons (Fsp3) is 0.316. The van der Waals surface area contributed by atoms with E-state index in [4.69, 9.17) is 16.3 Å². The van der Waals surface area contributed by atoms with Crippen molar-refractivity contribution < 1.29 is 14.3 Å². The van der Waals surface area contributed by atoms with E-state index in [0.29, 0.717) is 27.3 Å². The van der Waals surface area contributed by atoms with Gasteiger partial charge >= 0.3 is 11.7 Å². The summed E-state index contributed by atoms with van der Waals surface area (Å²) in [6.07, 6.45) is 0.119. The van der Waals surface area contributed by atoms with Gasteiger partial charge in [0.2, 0.25) is 5.91 Å². The normalized spacial score (nSPS) is 11.0. The minimum Gasteiger partial charge on any atom is -0.465 e. The number of carbonyl (C=O) groups excluding carboxylic acids is 2. The first-order valence-corrected chi connectivity index (χ1v) is 10.4. The van der Waals surface area contributed by atoms with Crippen molar-refractivity contribution in [2.45, 2.75) is 11.6 Å². The first-order valence-electron chi connectivity index (χ1n) is 9.08. The highest BCUT2D eigenvalue weighted by atomic mass is 35.5. The number of aromatic nitrogens is 4. The number of nitrogens with one attached hydrogen (secondary N) is 1. The zero-order chi connectivity index (χ0) is 22.9. The quantitative estimate of drug-likeness (QED) is 0.433. The van der Waals surface area contributed by atoms with Crippen LogP contribution in [0.3, 0.4) is 0 Å². The maximum atomic E-state index is 12.4. The number of esters is 1. The van der Waals surface area contributed by atoms with Crippen LogP contribution in [0, 0.1) is 0 Å². The Morgan fingerprint density at radius 2 is 1.87 bits per heavy atom. The van der Waals surface area contributed by atoms with Crippen LogP contribution in [0.15, 0.2) is 32.9 Å². The molecule has 0 radical (unpaired) electrons. The molecule has 164 valence electrons. The molecule has 3 aromatic rings. The molecule has 31 heavy (non-hydrogen) atoms. The number of benzene rings is 1. The molecule has 1 aromatic carbocycles. The van der Waals surface area contributed by atoms with Crippen LogP contribution in [0.2, 0.25) is 5.02 Å². The van der Waals surface area contributed by atoms with E-state index < -0.39 is 17.2 Å². The van der Waals surface area contributed by atoms with Gasteiger partial charge in [0.05, 0.1) is 18.4 Å².